The van der Waals surface area contributed by atoms with E-state index in [9.17, 15) is 0 Å². The number of ether oxygens (including phenoxy) is 1. The second-order valence-electron chi connectivity index (χ2n) is 4.87. The minimum Gasteiger partial charge on any atom is -0.497 e. The lowest BCUT2D eigenvalue weighted by molar-refractivity contribution is 0.414. The van der Waals surface area contributed by atoms with E-state index in [-0.39, 0.29) is 24.0 Å². The fourth-order valence-electron chi connectivity index (χ4n) is 1.97. The lowest BCUT2D eigenvalue weighted by Crippen LogP contribution is -2.35. The lowest BCUT2D eigenvalue weighted by atomic mass is 10.1. The van der Waals surface area contributed by atoms with Crippen LogP contribution in [0.2, 0.25) is 0 Å². The molecular weight excluding hydrogens is 353 g/mol. The maximum Gasteiger partial charge on any atom is 0.191 e. The monoisotopic (exact) mass is 375 g/mol. The van der Waals surface area contributed by atoms with Gasteiger partial charge in [-0.1, -0.05) is 6.07 Å². The molecule has 2 rings (SSSR count). The van der Waals surface area contributed by atoms with Crippen LogP contribution in [0.1, 0.15) is 24.0 Å². The maximum atomic E-state index is 5.96. The molecule has 1 aliphatic carbocycles. The second-order valence-corrected chi connectivity index (χ2v) is 4.87. The number of hydrogen-bond acceptors (Lipinski definition) is 2. The summed E-state index contributed by atoms with van der Waals surface area (Å²) in [6.45, 7) is 2.65. The van der Waals surface area contributed by atoms with E-state index in [1.165, 1.54) is 18.4 Å². The van der Waals surface area contributed by atoms with Crippen molar-refractivity contribution in [1.29, 1.82) is 0 Å². The lowest BCUT2D eigenvalue weighted by Gasteiger charge is -2.16. The molecule has 0 saturated heterocycles. The van der Waals surface area contributed by atoms with Gasteiger partial charge >= 0.3 is 0 Å². The first kappa shape index (κ1) is 16.1. The van der Waals surface area contributed by atoms with Crippen LogP contribution in [0, 0.1) is 6.92 Å². The highest BCUT2D eigenvalue weighted by atomic mass is 127. The molecule has 5 heteroatoms. The number of rotatable bonds is 4. The van der Waals surface area contributed by atoms with E-state index >= 15 is 0 Å². The van der Waals surface area contributed by atoms with Gasteiger partial charge in [-0.15, -0.1) is 24.0 Å². The zero-order valence-electron chi connectivity index (χ0n) is 11.7. The molecule has 106 valence electrons. The van der Waals surface area contributed by atoms with Crippen molar-refractivity contribution in [3.8, 4) is 5.75 Å². The van der Waals surface area contributed by atoms with Crippen molar-refractivity contribution < 1.29 is 4.74 Å². The van der Waals surface area contributed by atoms with Gasteiger partial charge < -0.3 is 15.4 Å². The fraction of sp³-hybridized carbons (Fsp3) is 0.500. The Kier molecular flexibility index (Phi) is 5.90. The number of aliphatic imine (C=N–C) groups is 1. The molecule has 0 amide bonds. The Labute approximate surface area is 132 Å². The van der Waals surface area contributed by atoms with Crippen LogP contribution in [-0.4, -0.2) is 31.1 Å². The van der Waals surface area contributed by atoms with E-state index in [0.29, 0.717) is 18.5 Å². The molecule has 0 aromatic heterocycles. The quantitative estimate of drug-likeness (QED) is 0.500. The first-order chi connectivity index (χ1) is 8.60. The van der Waals surface area contributed by atoms with Crippen LogP contribution in [0.3, 0.4) is 0 Å². The molecule has 1 aliphatic rings. The molecule has 0 heterocycles. The number of aryl methyl sites for hydroxylation is 1. The predicted octanol–water partition coefficient (Wildman–Crippen LogP) is 2.53. The molecule has 0 radical (unpaired) electrons. The van der Waals surface area contributed by atoms with Gasteiger partial charge in [0.25, 0.3) is 0 Å². The van der Waals surface area contributed by atoms with Gasteiger partial charge in [-0.05, 0) is 43.0 Å². The number of benzene rings is 1. The smallest absolute Gasteiger partial charge is 0.191 e. The van der Waals surface area contributed by atoms with Crippen LogP contribution in [0.5, 0.6) is 5.75 Å². The van der Waals surface area contributed by atoms with Crippen molar-refractivity contribution in [2.45, 2.75) is 32.4 Å². The van der Waals surface area contributed by atoms with Crippen molar-refractivity contribution in [3.63, 3.8) is 0 Å². The van der Waals surface area contributed by atoms with Crippen molar-refractivity contribution in [2.24, 2.45) is 10.7 Å². The van der Waals surface area contributed by atoms with Crippen molar-refractivity contribution in [3.05, 3.63) is 29.3 Å². The molecule has 0 atom stereocenters. The molecule has 19 heavy (non-hydrogen) atoms. The summed E-state index contributed by atoms with van der Waals surface area (Å²) in [4.78, 5) is 6.50. The Bertz CT molecular complexity index is 458. The van der Waals surface area contributed by atoms with Gasteiger partial charge in [-0.2, -0.15) is 0 Å². The Morgan fingerprint density at radius 1 is 1.42 bits per heavy atom. The van der Waals surface area contributed by atoms with Crippen LogP contribution >= 0.6 is 24.0 Å². The topological polar surface area (TPSA) is 50.9 Å². The number of methoxy groups -OCH3 is 1. The first-order valence-electron chi connectivity index (χ1n) is 6.27. The molecule has 0 aliphatic heterocycles. The SMILES string of the molecule is COc1cc(C)cc(CN=C(N)N(C)C2CC2)c1.I. The highest BCUT2D eigenvalue weighted by Crippen LogP contribution is 2.25. The van der Waals surface area contributed by atoms with E-state index < -0.39 is 0 Å². The van der Waals surface area contributed by atoms with Crippen molar-refractivity contribution in [1.82, 2.24) is 4.90 Å². The second kappa shape index (κ2) is 6.98. The summed E-state index contributed by atoms with van der Waals surface area (Å²) < 4.78 is 5.25. The number of guanidine groups is 1. The zero-order chi connectivity index (χ0) is 13.1. The van der Waals surface area contributed by atoms with Crippen LogP contribution < -0.4 is 10.5 Å². The van der Waals surface area contributed by atoms with Gasteiger partial charge in [0, 0.05) is 13.1 Å². The van der Waals surface area contributed by atoms with Crippen LogP contribution in [-0.2, 0) is 6.54 Å². The summed E-state index contributed by atoms with van der Waals surface area (Å²) in [7, 11) is 3.68. The summed E-state index contributed by atoms with van der Waals surface area (Å²) in [5, 5.41) is 0. The Balaban J connectivity index is 0.00000180. The van der Waals surface area contributed by atoms with Crippen LogP contribution in [0.4, 0.5) is 0 Å². The number of hydrogen-bond donors (Lipinski definition) is 1. The van der Waals surface area contributed by atoms with Crippen LogP contribution in [0.15, 0.2) is 23.2 Å². The standard InChI is InChI=1S/C14H21N3O.HI/c1-10-6-11(8-13(7-10)18-3)9-16-14(15)17(2)12-4-5-12;/h6-8,12H,4-5,9H2,1-3H3,(H2,15,16);1H. The molecule has 4 nitrogen and oxygen atoms in total. The van der Waals surface area contributed by atoms with E-state index in [1.54, 1.807) is 7.11 Å². The van der Waals surface area contributed by atoms with Gasteiger partial charge in [-0.25, -0.2) is 4.99 Å². The first-order valence-corrected chi connectivity index (χ1v) is 6.27. The number of nitrogens with two attached hydrogens (primary N) is 1. The van der Waals surface area contributed by atoms with Crippen LogP contribution in [0.25, 0.3) is 0 Å². The third-order valence-corrected chi connectivity index (χ3v) is 3.23. The molecular formula is C14H22IN3O. The van der Waals surface area contributed by atoms with Gasteiger partial charge in [0.15, 0.2) is 5.96 Å². The van der Waals surface area contributed by atoms with E-state index in [0.717, 1.165) is 11.3 Å². The highest BCUT2D eigenvalue weighted by Gasteiger charge is 2.27. The molecule has 2 N–H and O–H groups in total. The Morgan fingerprint density at radius 2 is 2.11 bits per heavy atom. The fourth-order valence-corrected chi connectivity index (χ4v) is 1.97. The highest BCUT2D eigenvalue weighted by molar-refractivity contribution is 14.0. The van der Waals surface area contributed by atoms with E-state index in [1.807, 2.05) is 19.2 Å². The molecule has 1 saturated carbocycles. The normalized spacial score (nSPS) is 14.8. The van der Waals surface area contributed by atoms with Gasteiger partial charge in [0.2, 0.25) is 0 Å². The summed E-state index contributed by atoms with van der Waals surface area (Å²) >= 11 is 0. The minimum absolute atomic E-state index is 0. The molecule has 0 spiro atoms. The van der Waals surface area contributed by atoms with E-state index in [2.05, 4.69) is 22.9 Å². The van der Waals surface area contributed by atoms with Gasteiger partial charge in [0.05, 0.1) is 13.7 Å². The number of nitrogens with zero attached hydrogens (tertiary/aromatic N) is 2. The molecule has 1 fully saturated rings. The largest absolute Gasteiger partial charge is 0.497 e. The molecule has 0 unspecified atom stereocenters. The zero-order valence-corrected chi connectivity index (χ0v) is 14.0. The molecule has 1 aromatic rings. The third-order valence-electron chi connectivity index (χ3n) is 3.23. The summed E-state index contributed by atoms with van der Waals surface area (Å²) in [5.41, 5.74) is 8.26. The van der Waals surface area contributed by atoms with Gasteiger partial charge in [-0.3, -0.25) is 0 Å². The van der Waals surface area contributed by atoms with E-state index in [4.69, 9.17) is 10.5 Å². The minimum atomic E-state index is 0. The average molecular weight is 375 g/mol. The summed E-state index contributed by atoms with van der Waals surface area (Å²) in [6.07, 6.45) is 2.45. The average Bonchev–Trinajstić information content (AvgIpc) is 3.18. The Morgan fingerprint density at radius 3 is 2.68 bits per heavy atom. The van der Waals surface area contributed by atoms with Crippen molar-refractivity contribution in [2.75, 3.05) is 14.2 Å². The van der Waals surface area contributed by atoms with Gasteiger partial charge in [0.1, 0.15) is 5.75 Å². The summed E-state index contributed by atoms with van der Waals surface area (Å²) in [5.74, 6) is 1.49. The Hall–Kier alpha value is -0.980. The predicted molar refractivity (Wildman–Crippen MR) is 89.3 cm³/mol. The number of halogens is 1. The third kappa shape index (κ3) is 4.56. The maximum absolute atomic E-state index is 5.96. The molecule has 1 aromatic carbocycles. The molecule has 0 bridgehead atoms. The van der Waals surface area contributed by atoms with Crippen molar-refractivity contribution >= 4 is 29.9 Å². The summed E-state index contributed by atoms with van der Waals surface area (Å²) in [6, 6.07) is 6.71.